The van der Waals surface area contributed by atoms with Gasteiger partial charge in [0.1, 0.15) is 0 Å². The number of rotatable bonds is 4. The van der Waals surface area contributed by atoms with Crippen molar-refractivity contribution in [2.75, 3.05) is 13.2 Å². The van der Waals surface area contributed by atoms with Crippen molar-refractivity contribution in [3.05, 3.63) is 34.9 Å². The van der Waals surface area contributed by atoms with E-state index < -0.39 is 0 Å². The van der Waals surface area contributed by atoms with Crippen molar-refractivity contribution in [1.82, 2.24) is 0 Å². The highest BCUT2D eigenvalue weighted by atomic mass is 35.5. The molecule has 1 fully saturated rings. The van der Waals surface area contributed by atoms with Crippen LogP contribution in [0.1, 0.15) is 24.8 Å². The third kappa shape index (κ3) is 3.98. The smallest absolute Gasteiger partial charge is 0.0468 e. The topological polar surface area (TPSA) is 35.2 Å². The third-order valence-electron chi connectivity index (χ3n) is 3.42. The molecule has 1 aliphatic heterocycles. The predicted octanol–water partition coefficient (Wildman–Crippen LogP) is 3.03. The van der Waals surface area contributed by atoms with Gasteiger partial charge in [0.2, 0.25) is 0 Å². The van der Waals surface area contributed by atoms with Crippen LogP contribution in [0.5, 0.6) is 0 Å². The predicted molar refractivity (Wildman–Crippen MR) is 71.3 cm³/mol. The van der Waals surface area contributed by atoms with Crippen molar-refractivity contribution in [1.29, 1.82) is 0 Å². The van der Waals surface area contributed by atoms with E-state index >= 15 is 0 Å². The molecule has 94 valence electrons. The second-order valence-corrected chi connectivity index (χ2v) is 5.25. The van der Waals surface area contributed by atoms with Crippen LogP contribution < -0.4 is 5.73 Å². The highest BCUT2D eigenvalue weighted by molar-refractivity contribution is 6.31. The monoisotopic (exact) mass is 253 g/mol. The SMILES string of the molecule is NC(Cc1ccccc1Cl)CC1CCOCC1. The molecule has 0 aromatic heterocycles. The maximum atomic E-state index is 6.21. The van der Waals surface area contributed by atoms with Gasteiger partial charge in [0.25, 0.3) is 0 Å². The normalized spacial score (nSPS) is 19.2. The van der Waals surface area contributed by atoms with Gasteiger partial charge in [-0.3, -0.25) is 0 Å². The van der Waals surface area contributed by atoms with E-state index in [2.05, 4.69) is 6.07 Å². The van der Waals surface area contributed by atoms with Gasteiger partial charge in [-0.2, -0.15) is 0 Å². The number of benzene rings is 1. The molecule has 1 aromatic carbocycles. The molecule has 0 aliphatic carbocycles. The summed E-state index contributed by atoms with van der Waals surface area (Å²) in [6.07, 6.45) is 4.25. The molecule has 1 atom stereocenters. The zero-order valence-corrected chi connectivity index (χ0v) is 10.8. The molecule has 3 heteroatoms. The zero-order chi connectivity index (χ0) is 12.1. The molecule has 0 amide bonds. The van der Waals surface area contributed by atoms with Crippen molar-refractivity contribution < 1.29 is 4.74 Å². The number of halogens is 1. The number of ether oxygens (including phenoxy) is 1. The molecule has 2 rings (SSSR count). The highest BCUT2D eigenvalue weighted by Gasteiger charge is 2.17. The average molecular weight is 254 g/mol. The van der Waals surface area contributed by atoms with Crippen LogP contribution in [0.2, 0.25) is 5.02 Å². The summed E-state index contributed by atoms with van der Waals surface area (Å²) in [5, 5.41) is 0.829. The molecule has 1 heterocycles. The van der Waals surface area contributed by atoms with Gasteiger partial charge in [0, 0.05) is 24.3 Å². The number of hydrogen-bond acceptors (Lipinski definition) is 2. The first kappa shape index (κ1) is 12.9. The van der Waals surface area contributed by atoms with E-state index in [1.807, 2.05) is 18.2 Å². The minimum atomic E-state index is 0.206. The first-order valence-electron chi connectivity index (χ1n) is 6.32. The summed E-state index contributed by atoms with van der Waals surface area (Å²) in [6.45, 7) is 1.78. The summed E-state index contributed by atoms with van der Waals surface area (Å²) in [6, 6.07) is 8.17. The standard InChI is InChI=1S/C14H20ClNO/c15-14-4-2-1-3-12(14)10-13(16)9-11-5-7-17-8-6-11/h1-4,11,13H,5-10,16H2. The van der Waals surface area contributed by atoms with Gasteiger partial charge in [-0.25, -0.2) is 0 Å². The Labute approximate surface area is 108 Å². The van der Waals surface area contributed by atoms with Crippen LogP contribution in [-0.2, 0) is 11.2 Å². The fraction of sp³-hybridized carbons (Fsp3) is 0.571. The van der Waals surface area contributed by atoms with Crippen molar-refractivity contribution in [3.63, 3.8) is 0 Å². The zero-order valence-electron chi connectivity index (χ0n) is 10.1. The summed E-state index contributed by atoms with van der Waals surface area (Å²) in [5.41, 5.74) is 7.37. The van der Waals surface area contributed by atoms with E-state index in [1.165, 1.54) is 0 Å². The van der Waals surface area contributed by atoms with Gasteiger partial charge >= 0.3 is 0 Å². The molecule has 1 unspecified atom stereocenters. The first-order valence-corrected chi connectivity index (χ1v) is 6.70. The summed E-state index contributed by atoms with van der Waals surface area (Å²) >= 11 is 6.14. The first-order chi connectivity index (χ1) is 8.25. The molecule has 0 spiro atoms. The van der Waals surface area contributed by atoms with Crippen LogP contribution in [0.15, 0.2) is 24.3 Å². The van der Waals surface area contributed by atoms with E-state index in [9.17, 15) is 0 Å². The minimum absolute atomic E-state index is 0.206. The van der Waals surface area contributed by atoms with E-state index in [1.54, 1.807) is 0 Å². The lowest BCUT2D eigenvalue weighted by Crippen LogP contribution is -2.28. The van der Waals surface area contributed by atoms with Crippen LogP contribution in [0.4, 0.5) is 0 Å². The van der Waals surface area contributed by atoms with Gasteiger partial charge in [0.15, 0.2) is 0 Å². The maximum Gasteiger partial charge on any atom is 0.0468 e. The van der Waals surface area contributed by atoms with Crippen molar-refractivity contribution in [2.24, 2.45) is 11.7 Å². The van der Waals surface area contributed by atoms with Gasteiger partial charge in [-0.15, -0.1) is 0 Å². The van der Waals surface area contributed by atoms with E-state index in [4.69, 9.17) is 22.1 Å². The summed E-state index contributed by atoms with van der Waals surface area (Å²) in [7, 11) is 0. The molecule has 17 heavy (non-hydrogen) atoms. The van der Waals surface area contributed by atoms with Gasteiger partial charge in [-0.1, -0.05) is 29.8 Å². The Morgan fingerprint density at radius 3 is 2.71 bits per heavy atom. The van der Waals surface area contributed by atoms with Crippen molar-refractivity contribution in [3.8, 4) is 0 Å². The van der Waals surface area contributed by atoms with Gasteiger partial charge in [-0.05, 0) is 43.2 Å². The summed E-state index contributed by atoms with van der Waals surface area (Å²) in [5.74, 6) is 0.723. The van der Waals surface area contributed by atoms with Crippen LogP contribution in [-0.4, -0.2) is 19.3 Å². The second-order valence-electron chi connectivity index (χ2n) is 4.85. The van der Waals surface area contributed by atoms with Crippen LogP contribution in [0, 0.1) is 5.92 Å². The molecule has 0 radical (unpaired) electrons. The summed E-state index contributed by atoms with van der Waals surface area (Å²) in [4.78, 5) is 0. The number of nitrogens with two attached hydrogens (primary N) is 1. The Bertz CT molecular complexity index is 350. The number of hydrogen-bond donors (Lipinski definition) is 1. The molecule has 0 saturated carbocycles. The van der Waals surface area contributed by atoms with Crippen LogP contribution in [0.3, 0.4) is 0 Å². The lowest BCUT2D eigenvalue weighted by Gasteiger charge is -2.25. The molecule has 1 saturated heterocycles. The molecule has 2 N–H and O–H groups in total. The van der Waals surface area contributed by atoms with Gasteiger partial charge < -0.3 is 10.5 Å². The largest absolute Gasteiger partial charge is 0.381 e. The Kier molecular flexibility index (Phi) is 4.84. The van der Waals surface area contributed by atoms with E-state index in [-0.39, 0.29) is 6.04 Å². The van der Waals surface area contributed by atoms with Crippen molar-refractivity contribution in [2.45, 2.75) is 31.7 Å². The molecular weight excluding hydrogens is 234 g/mol. The fourth-order valence-electron chi connectivity index (χ4n) is 2.44. The Morgan fingerprint density at radius 1 is 1.29 bits per heavy atom. The minimum Gasteiger partial charge on any atom is -0.381 e. The molecular formula is C14H20ClNO. The van der Waals surface area contributed by atoms with E-state index in [0.29, 0.717) is 0 Å². The van der Waals surface area contributed by atoms with Gasteiger partial charge in [0.05, 0.1) is 0 Å². The average Bonchev–Trinajstić information content (AvgIpc) is 2.33. The lowest BCUT2D eigenvalue weighted by molar-refractivity contribution is 0.0619. The summed E-state index contributed by atoms with van der Waals surface area (Å²) < 4.78 is 5.36. The maximum absolute atomic E-state index is 6.21. The van der Waals surface area contributed by atoms with E-state index in [0.717, 1.165) is 55.4 Å². The quantitative estimate of drug-likeness (QED) is 0.895. The molecule has 0 bridgehead atoms. The molecule has 1 aliphatic rings. The highest BCUT2D eigenvalue weighted by Crippen LogP contribution is 2.22. The third-order valence-corrected chi connectivity index (χ3v) is 3.79. The Hall–Kier alpha value is -0.570. The van der Waals surface area contributed by atoms with Crippen LogP contribution in [0.25, 0.3) is 0 Å². The fourth-order valence-corrected chi connectivity index (χ4v) is 2.65. The molecule has 1 aromatic rings. The molecule has 2 nitrogen and oxygen atoms in total. The Morgan fingerprint density at radius 2 is 2.00 bits per heavy atom. The second kappa shape index (κ2) is 6.39. The lowest BCUT2D eigenvalue weighted by atomic mass is 9.90. The van der Waals surface area contributed by atoms with Crippen molar-refractivity contribution >= 4 is 11.6 Å². The van der Waals surface area contributed by atoms with Crippen LogP contribution >= 0.6 is 11.6 Å². The Balaban J connectivity index is 1.84.